The van der Waals surface area contributed by atoms with Crippen LogP contribution in [0.4, 0.5) is 11.4 Å². The first-order chi connectivity index (χ1) is 20.5. The number of nitrogens with one attached hydrogen (secondary N) is 1. The zero-order valence-electron chi connectivity index (χ0n) is 23.1. The molecule has 0 saturated carbocycles. The predicted octanol–water partition coefficient (Wildman–Crippen LogP) is 8.49. The van der Waals surface area contributed by atoms with E-state index >= 15 is 0 Å². The molecule has 1 heterocycles. The van der Waals surface area contributed by atoms with Gasteiger partial charge in [0.25, 0.3) is 0 Å². The second-order valence-corrected chi connectivity index (χ2v) is 12.5. The summed E-state index contributed by atoms with van der Waals surface area (Å²) < 4.78 is 32.0. The summed E-state index contributed by atoms with van der Waals surface area (Å²) in [6.45, 7) is 1.91. The van der Waals surface area contributed by atoms with E-state index in [2.05, 4.69) is 53.9 Å². The lowest BCUT2D eigenvalue weighted by molar-refractivity contribution is 0.425. The second kappa shape index (κ2) is 10.6. The standard InChI is InChI=1S/C36H30N2O3S/c1-24-13-20-28(21-14-24)42(39,40)41-35-22-17-25-7-2-3-8-29(25)33(35)23-37-27-18-15-26(16-19-27)36-32-11-6-10-30(32)31-9-4-5-12-34(31)38-36/h2-10,12-23,30,32,36,38H,11H2,1H3/t30-,32-,36-/m0/s1. The zero-order chi connectivity index (χ0) is 28.7. The van der Waals surface area contributed by atoms with E-state index in [0.717, 1.165) is 28.4 Å². The SMILES string of the molecule is Cc1ccc(S(=O)(=O)Oc2ccc3ccccc3c2C=Nc2ccc([C@@H]3Nc4ccccc4[C@@H]4C=CC[C@@H]43)cc2)cc1. The predicted molar refractivity (Wildman–Crippen MR) is 169 cm³/mol. The Kier molecular flexibility index (Phi) is 6.63. The molecule has 3 atom stereocenters. The molecule has 0 saturated heterocycles. The van der Waals surface area contributed by atoms with Crippen LogP contribution in [0, 0.1) is 12.8 Å². The van der Waals surface area contributed by atoms with Crippen LogP contribution in [-0.4, -0.2) is 14.6 Å². The van der Waals surface area contributed by atoms with Crippen LogP contribution in [0.5, 0.6) is 5.75 Å². The van der Waals surface area contributed by atoms with E-state index in [9.17, 15) is 8.42 Å². The molecule has 5 aromatic rings. The quantitative estimate of drug-likeness (QED) is 0.126. The fourth-order valence-electron chi connectivity index (χ4n) is 6.13. The maximum atomic E-state index is 13.1. The van der Waals surface area contributed by atoms with Crippen molar-refractivity contribution in [3.8, 4) is 5.75 Å². The molecule has 6 heteroatoms. The van der Waals surface area contributed by atoms with Gasteiger partial charge in [-0.3, -0.25) is 4.99 Å². The summed E-state index contributed by atoms with van der Waals surface area (Å²) in [6, 6.07) is 35.1. The van der Waals surface area contributed by atoms with Gasteiger partial charge in [-0.2, -0.15) is 8.42 Å². The molecule has 0 amide bonds. The minimum absolute atomic E-state index is 0.110. The molecule has 7 rings (SSSR count). The van der Waals surface area contributed by atoms with E-state index in [0.29, 0.717) is 17.4 Å². The Bertz CT molecular complexity index is 1950. The number of hydrogen-bond acceptors (Lipinski definition) is 5. The summed E-state index contributed by atoms with van der Waals surface area (Å²) in [7, 11) is -4.02. The number of aliphatic imine (C=N–C) groups is 1. The monoisotopic (exact) mass is 570 g/mol. The van der Waals surface area contributed by atoms with Crippen LogP contribution >= 0.6 is 0 Å². The van der Waals surface area contributed by atoms with Crippen LogP contribution < -0.4 is 9.50 Å². The Balaban J connectivity index is 1.19. The highest BCUT2D eigenvalue weighted by Crippen LogP contribution is 2.49. The molecular formula is C36H30N2O3S. The summed E-state index contributed by atoms with van der Waals surface area (Å²) in [5.74, 6) is 1.13. The number of anilines is 1. The lowest BCUT2D eigenvalue weighted by Crippen LogP contribution is -2.28. The number of hydrogen-bond donors (Lipinski definition) is 1. The minimum Gasteiger partial charge on any atom is -0.378 e. The van der Waals surface area contributed by atoms with E-state index in [1.807, 2.05) is 49.4 Å². The van der Waals surface area contributed by atoms with Crippen molar-refractivity contribution in [1.82, 2.24) is 0 Å². The summed E-state index contributed by atoms with van der Waals surface area (Å²) in [5.41, 5.74) is 6.14. The molecule has 0 radical (unpaired) electrons. The van der Waals surface area contributed by atoms with E-state index in [1.54, 1.807) is 36.5 Å². The van der Waals surface area contributed by atoms with Crippen molar-refractivity contribution in [2.75, 3.05) is 5.32 Å². The maximum Gasteiger partial charge on any atom is 0.339 e. The molecular weight excluding hydrogens is 540 g/mol. The molecule has 0 unspecified atom stereocenters. The van der Waals surface area contributed by atoms with Gasteiger partial charge >= 0.3 is 10.1 Å². The number of para-hydroxylation sites is 1. The highest BCUT2D eigenvalue weighted by Gasteiger charge is 2.37. The molecule has 1 aliphatic heterocycles. The molecule has 42 heavy (non-hydrogen) atoms. The minimum atomic E-state index is -4.02. The molecule has 0 bridgehead atoms. The number of nitrogens with zero attached hydrogens (tertiary/aromatic N) is 1. The van der Waals surface area contributed by atoms with Gasteiger partial charge in [-0.1, -0.05) is 90.5 Å². The van der Waals surface area contributed by atoms with Gasteiger partial charge in [-0.25, -0.2) is 0 Å². The van der Waals surface area contributed by atoms with Crippen molar-refractivity contribution in [1.29, 1.82) is 0 Å². The summed E-state index contributed by atoms with van der Waals surface area (Å²) >= 11 is 0. The number of aryl methyl sites for hydroxylation is 1. The Morgan fingerprint density at radius 3 is 2.45 bits per heavy atom. The fourth-order valence-corrected chi connectivity index (χ4v) is 7.08. The van der Waals surface area contributed by atoms with Crippen molar-refractivity contribution in [3.05, 3.63) is 144 Å². The van der Waals surface area contributed by atoms with E-state index in [4.69, 9.17) is 9.18 Å². The lowest BCUT2D eigenvalue weighted by atomic mass is 9.77. The van der Waals surface area contributed by atoms with Gasteiger partial charge in [0.05, 0.1) is 11.7 Å². The molecule has 2 aliphatic rings. The van der Waals surface area contributed by atoms with Gasteiger partial charge in [0.15, 0.2) is 5.75 Å². The Morgan fingerprint density at radius 2 is 1.62 bits per heavy atom. The Hall–Kier alpha value is -4.68. The van der Waals surface area contributed by atoms with Gasteiger partial charge in [0, 0.05) is 23.4 Å². The molecule has 1 aliphatic carbocycles. The lowest BCUT2D eigenvalue weighted by Gasteiger charge is -2.37. The third-order valence-corrected chi connectivity index (χ3v) is 9.56. The maximum absolute atomic E-state index is 13.1. The highest BCUT2D eigenvalue weighted by atomic mass is 32.2. The van der Waals surface area contributed by atoms with Crippen LogP contribution in [0.15, 0.2) is 131 Å². The molecule has 0 aromatic heterocycles. The van der Waals surface area contributed by atoms with E-state index in [-0.39, 0.29) is 16.7 Å². The highest BCUT2D eigenvalue weighted by molar-refractivity contribution is 7.87. The van der Waals surface area contributed by atoms with Crippen molar-refractivity contribution >= 4 is 38.5 Å². The molecule has 5 nitrogen and oxygen atoms in total. The van der Waals surface area contributed by atoms with Crippen molar-refractivity contribution in [3.63, 3.8) is 0 Å². The number of allylic oxidation sites excluding steroid dienone is 2. The number of rotatable bonds is 6. The zero-order valence-corrected chi connectivity index (χ0v) is 24.0. The third kappa shape index (κ3) is 4.88. The van der Waals surface area contributed by atoms with Gasteiger partial charge in [0.2, 0.25) is 0 Å². The third-order valence-electron chi connectivity index (χ3n) is 8.31. The summed E-state index contributed by atoms with van der Waals surface area (Å²) in [6.07, 6.45) is 7.39. The average molecular weight is 571 g/mol. The first-order valence-electron chi connectivity index (χ1n) is 14.2. The smallest absolute Gasteiger partial charge is 0.339 e. The van der Waals surface area contributed by atoms with Crippen LogP contribution in [0.3, 0.4) is 0 Å². The van der Waals surface area contributed by atoms with Crippen molar-refractivity contribution in [2.45, 2.75) is 30.2 Å². The van der Waals surface area contributed by atoms with Gasteiger partial charge in [0.1, 0.15) is 4.90 Å². The number of benzene rings is 5. The summed E-state index contributed by atoms with van der Waals surface area (Å²) in [5, 5.41) is 5.61. The van der Waals surface area contributed by atoms with Crippen LogP contribution in [0.2, 0.25) is 0 Å². The van der Waals surface area contributed by atoms with Gasteiger partial charge in [-0.05, 0) is 77.6 Å². The number of fused-ring (bicyclic) bond motifs is 4. The largest absolute Gasteiger partial charge is 0.378 e. The Labute approximate surface area is 246 Å². The molecule has 208 valence electrons. The van der Waals surface area contributed by atoms with Crippen molar-refractivity contribution < 1.29 is 12.6 Å². The molecule has 5 aromatic carbocycles. The Morgan fingerprint density at radius 1 is 0.857 bits per heavy atom. The molecule has 0 spiro atoms. The first kappa shape index (κ1) is 26.2. The van der Waals surface area contributed by atoms with Crippen molar-refractivity contribution in [2.24, 2.45) is 10.9 Å². The second-order valence-electron chi connectivity index (χ2n) is 11.0. The first-order valence-corrected chi connectivity index (χ1v) is 15.6. The van der Waals surface area contributed by atoms with E-state index < -0.39 is 10.1 Å². The van der Waals surface area contributed by atoms with E-state index in [1.165, 1.54) is 16.8 Å². The molecule has 1 N–H and O–H groups in total. The van der Waals surface area contributed by atoms with Crippen LogP contribution in [0.1, 0.15) is 40.6 Å². The molecule has 0 fully saturated rings. The topological polar surface area (TPSA) is 67.8 Å². The van der Waals surface area contributed by atoms with Gasteiger partial charge in [-0.15, -0.1) is 0 Å². The average Bonchev–Trinajstić information content (AvgIpc) is 3.51. The normalized spacial score (nSPS) is 19.4. The fraction of sp³-hybridized carbons (Fsp3) is 0.139. The van der Waals surface area contributed by atoms with Crippen LogP contribution in [-0.2, 0) is 10.1 Å². The van der Waals surface area contributed by atoms with Gasteiger partial charge < -0.3 is 9.50 Å². The summed E-state index contributed by atoms with van der Waals surface area (Å²) in [4.78, 5) is 4.87. The van der Waals surface area contributed by atoms with Crippen LogP contribution in [0.25, 0.3) is 10.8 Å².